The van der Waals surface area contributed by atoms with E-state index in [9.17, 15) is 9.59 Å². The Morgan fingerprint density at radius 2 is 0.852 bits per heavy atom. The number of H-pyrrole nitrogens is 2. The van der Waals surface area contributed by atoms with E-state index in [0.717, 1.165) is 48.3 Å². The van der Waals surface area contributed by atoms with Gasteiger partial charge >= 0.3 is 0 Å². The SMILES string of the molecule is CCCCCCc1csc(-c2sc(/C=c3\[nH]c(=O)/c(=C/c4cc(CCCCCC)c(-c5cc(CCCCCC)cs5)s4)[nH]c3=O)cc2CCCCCC)c1. The Balaban J connectivity index is 1.42. The molecule has 0 spiro atoms. The Morgan fingerprint density at radius 3 is 1.22 bits per heavy atom. The fourth-order valence-corrected chi connectivity index (χ4v) is 11.6. The summed E-state index contributed by atoms with van der Waals surface area (Å²) in [6.07, 6.45) is 27.9. The van der Waals surface area contributed by atoms with Gasteiger partial charge in [0.05, 0.1) is 0 Å². The summed E-state index contributed by atoms with van der Waals surface area (Å²) in [5.41, 5.74) is 5.00. The van der Waals surface area contributed by atoms with Gasteiger partial charge in [-0.25, -0.2) is 0 Å². The van der Waals surface area contributed by atoms with Crippen LogP contribution in [-0.2, 0) is 25.7 Å². The van der Waals surface area contributed by atoms with E-state index in [2.05, 4.69) is 72.7 Å². The third-order valence-electron chi connectivity index (χ3n) is 10.2. The number of aromatic nitrogens is 2. The Morgan fingerprint density at radius 1 is 0.481 bits per heavy atom. The van der Waals surface area contributed by atoms with E-state index in [1.54, 1.807) is 22.7 Å². The van der Waals surface area contributed by atoms with Crippen LogP contribution in [0.15, 0.2) is 44.6 Å². The van der Waals surface area contributed by atoms with Crippen molar-refractivity contribution in [3.05, 3.63) is 98.4 Å². The lowest BCUT2D eigenvalue weighted by Crippen LogP contribution is -2.46. The molecule has 0 aliphatic heterocycles. The quantitative estimate of drug-likeness (QED) is 0.0610. The molecular weight excluding hydrogens is 741 g/mol. The van der Waals surface area contributed by atoms with Crippen LogP contribution in [0.4, 0.5) is 0 Å². The summed E-state index contributed by atoms with van der Waals surface area (Å²) < 4.78 is 0. The number of nitrogens with one attached hydrogen (secondary N) is 2. The maximum Gasteiger partial charge on any atom is 0.272 e. The van der Waals surface area contributed by atoms with E-state index >= 15 is 0 Å². The van der Waals surface area contributed by atoms with Gasteiger partial charge in [-0.1, -0.05) is 105 Å². The highest BCUT2D eigenvalue weighted by Gasteiger charge is 2.15. The third kappa shape index (κ3) is 12.6. The van der Waals surface area contributed by atoms with Gasteiger partial charge in [0.1, 0.15) is 10.7 Å². The summed E-state index contributed by atoms with van der Waals surface area (Å²) in [5.74, 6) is 0. The standard InChI is InChI=1S/C46H62N2O2S4/c1-5-9-13-17-21-33-25-41(51-31-33)43-35(23-19-15-11-7-3)27-37(53-43)29-39-45(49)48-40(46(50)47-39)30-38-28-36(24-20-16-12-8-4)44(54-38)42-26-34(32-52-42)22-18-14-10-6-2/h25-32H,5-24H2,1-4H3,(H,47,50)(H,48,49)/b39-29-,40-30-. The number of unbranched alkanes of at least 4 members (excludes halogenated alkanes) is 12. The van der Waals surface area contributed by atoms with Crippen molar-refractivity contribution in [3.63, 3.8) is 0 Å². The topological polar surface area (TPSA) is 65.7 Å². The number of rotatable bonds is 24. The summed E-state index contributed by atoms with van der Waals surface area (Å²) in [7, 11) is 0. The fraction of sp³-hybridized carbons (Fsp3) is 0.522. The van der Waals surface area contributed by atoms with Crippen LogP contribution in [0.2, 0.25) is 0 Å². The van der Waals surface area contributed by atoms with Gasteiger partial charge in [0.15, 0.2) is 0 Å². The molecular formula is C46H62N2O2S4. The number of hydrogen-bond donors (Lipinski definition) is 2. The van der Waals surface area contributed by atoms with Gasteiger partial charge in [-0.3, -0.25) is 9.59 Å². The first-order chi connectivity index (χ1) is 26.4. The Hall–Kier alpha value is -2.78. The summed E-state index contributed by atoms with van der Waals surface area (Å²) in [6, 6.07) is 9.22. The molecule has 0 aromatic carbocycles. The molecule has 0 bridgehead atoms. The summed E-state index contributed by atoms with van der Waals surface area (Å²) in [6.45, 7) is 9.01. The predicted octanol–water partition coefficient (Wildman–Crippen LogP) is 12.8. The molecule has 4 nitrogen and oxygen atoms in total. The van der Waals surface area contributed by atoms with Crippen molar-refractivity contribution in [1.29, 1.82) is 0 Å². The van der Waals surface area contributed by atoms with Crippen molar-refractivity contribution in [2.75, 3.05) is 0 Å². The van der Waals surface area contributed by atoms with Crippen LogP contribution >= 0.6 is 45.3 Å². The lowest BCUT2D eigenvalue weighted by molar-refractivity contribution is 0.667. The van der Waals surface area contributed by atoms with Gasteiger partial charge in [-0.2, -0.15) is 0 Å². The van der Waals surface area contributed by atoms with E-state index in [1.165, 1.54) is 132 Å². The van der Waals surface area contributed by atoms with Gasteiger partial charge < -0.3 is 9.97 Å². The lowest BCUT2D eigenvalue weighted by atomic mass is 10.0. The predicted molar refractivity (Wildman–Crippen MR) is 241 cm³/mol. The van der Waals surface area contributed by atoms with Crippen LogP contribution in [0.1, 0.15) is 162 Å². The van der Waals surface area contributed by atoms with Gasteiger partial charge in [0.2, 0.25) is 0 Å². The molecule has 0 aliphatic carbocycles. The lowest BCUT2D eigenvalue weighted by Gasteiger charge is -2.02. The number of hydrogen-bond acceptors (Lipinski definition) is 6. The van der Waals surface area contributed by atoms with Crippen molar-refractivity contribution in [3.8, 4) is 19.5 Å². The second kappa shape index (κ2) is 22.7. The minimum Gasteiger partial charge on any atom is -0.316 e. The highest BCUT2D eigenvalue weighted by molar-refractivity contribution is 7.22. The molecule has 0 radical (unpaired) electrons. The molecule has 0 saturated carbocycles. The molecule has 5 rings (SSSR count). The smallest absolute Gasteiger partial charge is 0.272 e. The molecule has 0 unspecified atom stereocenters. The number of thiophene rings is 4. The zero-order valence-electron chi connectivity index (χ0n) is 33.2. The van der Waals surface area contributed by atoms with Gasteiger partial charge in [0, 0.05) is 29.3 Å². The maximum absolute atomic E-state index is 13.5. The van der Waals surface area contributed by atoms with Crippen molar-refractivity contribution >= 4 is 57.5 Å². The molecule has 0 amide bonds. The van der Waals surface area contributed by atoms with E-state index in [-0.39, 0.29) is 11.1 Å². The van der Waals surface area contributed by atoms with Gasteiger partial charge in [-0.15, -0.1) is 45.3 Å². The Labute approximate surface area is 339 Å². The van der Waals surface area contributed by atoms with Crippen LogP contribution in [0.25, 0.3) is 31.7 Å². The largest absolute Gasteiger partial charge is 0.316 e. The van der Waals surface area contributed by atoms with E-state index in [0.29, 0.717) is 10.7 Å². The van der Waals surface area contributed by atoms with E-state index in [4.69, 9.17) is 0 Å². The van der Waals surface area contributed by atoms with Crippen LogP contribution in [0.5, 0.6) is 0 Å². The highest BCUT2D eigenvalue weighted by Crippen LogP contribution is 2.39. The average molecular weight is 803 g/mol. The number of aromatic amines is 2. The normalized spacial score (nSPS) is 12.4. The summed E-state index contributed by atoms with van der Waals surface area (Å²) in [4.78, 5) is 40.1. The summed E-state index contributed by atoms with van der Waals surface area (Å²) >= 11 is 7.13. The Bertz CT molecular complexity index is 1950. The molecule has 5 heterocycles. The van der Waals surface area contributed by atoms with Crippen molar-refractivity contribution in [1.82, 2.24) is 9.97 Å². The first-order valence-corrected chi connectivity index (χ1v) is 24.3. The molecule has 0 atom stereocenters. The average Bonchev–Trinajstić information content (AvgIpc) is 3.98. The van der Waals surface area contributed by atoms with Crippen LogP contribution < -0.4 is 21.8 Å². The van der Waals surface area contributed by atoms with Gasteiger partial charge in [-0.05, 0) is 121 Å². The fourth-order valence-electron chi connectivity index (χ4n) is 7.06. The van der Waals surface area contributed by atoms with Crippen molar-refractivity contribution in [2.45, 2.75) is 156 Å². The molecule has 2 N–H and O–H groups in total. The van der Waals surface area contributed by atoms with E-state index < -0.39 is 0 Å². The second-order valence-electron chi connectivity index (χ2n) is 14.9. The van der Waals surface area contributed by atoms with Crippen LogP contribution in [0.3, 0.4) is 0 Å². The molecule has 0 aliphatic rings. The molecule has 0 fully saturated rings. The van der Waals surface area contributed by atoms with Crippen LogP contribution in [0, 0.1) is 0 Å². The van der Waals surface area contributed by atoms with Crippen LogP contribution in [-0.4, -0.2) is 9.97 Å². The zero-order valence-corrected chi connectivity index (χ0v) is 36.5. The highest BCUT2D eigenvalue weighted by atomic mass is 32.1. The minimum absolute atomic E-state index is 0.270. The maximum atomic E-state index is 13.5. The monoisotopic (exact) mass is 802 g/mol. The van der Waals surface area contributed by atoms with E-state index in [1.807, 2.05) is 34.8 Å². The first-order valence-electron chi connectivity index (χ1n) is 20.9. The molecule has 54 heavy (non-hydrogen) atoms. The summed E-state index contributed by atoms with van der Waals surface area (Å²) in [5, 5.41) is 5.25. The molecule has 5 aromatic rings. The molecule has 0 saturated heterocycles. The van der Waals surface area contributed by atoms with Crippen molar-refractivity contribution in [2.24, 2.45) is 0 Å². The Kier molecular flexibility index (Phi) is 17.8. The van der Waals surface area contributed by atoms with Gasteiger partial charge in [0.25, 0.3) is 11.1 Å². The molecule has 5 aromatic heterocycles. The minimum atomic E-state index is -0.270. The third-order valence-corrected chi connectivity index (χ3v) is 14.8. The number of aryl methyl sites for hydroxylation is 4. The zero-order chi connectivity index (χ0) is 38.1. The molecule has 292 valence electrons. The first kappa shape index (κ1) is 42.4. The molecule has 8 heteroatoms. The van der Waals surface area contributed by atoms with Crippen molar-refractivity contribution < 1.29 is 0 Å². The second-order valence-corrected chi connectivity index (χ2v) is 18.9.